The van der Waals surface area contributed by atoms with Crippen molar-refractivity contribution in [3.05, 3.63) is 18.0 Å². The van der Waals surface area contributed by atoms with Gasteiger partial charge < -0.3 is 15.0 Å². The second kappa shape index (κ2) is 4.97. The number of aromatic amines is 1. The Morgan fingerprint density at radius 2 is 2.33 bits per heavy atom. The predicted octanol–water partition coefficient (Wildman–Crippen LogP) is 1.12. The Bertz CT molecular complexity index is 391. The van der Waals surface area contributed by atoms with Crippen molar-refractivity contribution in [2.75, 3.05) is 13.1 Å². The molecule has 2 heterocycles. The zero-order chi connectivity index (χ0) is 13.2. The van der Waals surface area contributed by atoms with Gasteiger partial charge in [-0.15, -0.1) is 0 Å². The van der Waals surface area contributed by atoms with E-state index in [9.17, 15) is 4.79 Å². The molecule has 1 saturated heterocycles. The first-order valence-corrected chi connectivity index (χ1v) is 6.13. The van der Waals surface area contributed by atoms with E-state index in [0.29, 0.717) is 19.1 Å². The van der Waals surface area contributed by atoms with E-state index in [0.717, 1.165) is 12.1 Å². The standard InChI is InChI=1S/C12H20N4O2/c1-12(2,3)18-11(17)16-7-10(8-16)13-4-9-5-14-15-6-9/h5-6,10,13H,4,7-8H2,1-3H3,(H,14,15). The van der Waals surface area contributed by atoms with Crippen LogP contribution in [0.1, 0.15) is 26.3 Å². The van der Waals surface area contributed by atoms with Gasteiger partial charge >= 0.3 is 6.09 Å². The Balaban J connectivity index is 1.66. The average molecular weight is 252 g/mol. The Morgan fingerprint density at radius 3 is 2.89 bits per heavy atom. The summed E-state index contributed by atoms with van der Waals surface area (Å²) in [4.78, 5) is 13.4. The molecule has 1 fully saturated rings. The van der Waals surface area contributed by atoms with Gasteiger partial charge in [0.25, 0.3) is 0 Å². The number of ether oxygens (including phenoxy) is 1. The van der Waals surface area contributed by atoms with Crippen molar-refractivity contribution >= 4 is 6.09 Å². The fourth-order valence-corrected chi connectivity index (χ4v) is 1.72. The SMILES string of the molecule is CC(C)(C)OC(=O)N1CC(NCc2cn[nH]c2)C1. The van der Waals surface area contributed by atoms with Gasteiger partial charge in [0, 0.05) is 37.4 Å². The smallest absolute Gasteiger partial charge is 0.410 e. The third-order valence-electron chi connectivity index (χ3n) is 2.68. The molecular formula is C12H20N4O2. The van der Waals surface area contributed by atoms with Crippen LogP contribution in [0.2, 0.25) is 0 Å². The van der Waals surface area contributed by atoms with Crippen LogP contribution in [0.25, 0.3) is 0 Å². The van der Waals surface area contributed by atoms with Crippen molar-refractivity contribution in [3.8, 4) is 0 Å². The molecule has 2 N–H and O–H groups in total. The quantitative estimate of drug-likeness (QED) is 0.845. The molecule has 0 unspecified atom stereocenters. The third-order valence-corrected chi connectivity index (χ3v) is 2.68. The van der Waals surface area contributed by atoms with Gasteiger partial charge in [-0.25, -0.2) is 4.79 Å². The first-order chi connectivity index (χ1) is 8.44. The van der Waals surface area contributed by atoms with Crippen LogP contribution in [0.5, 0.6) is 0 Å². The molecule has 0 radical (unpaired) electrons. The van der Waals surface area contributed by atoms with Gasteiger partial charge in [0.1, 0.15) is 5.60 Å². The number of hydrogen-bond acceptors (Lipinski definition) is 4. The maximum absolute atomic E-state index is 11.7. The van der Waals surface area contributed by atoms with Crippen molar-refractivity contribution in [1.82, 2.24) is 20.4 Å². The van der Waals surface area contributed by atoms with Crippen LogP contribution in [0, 0.1) is 0 Å². The molecule has 0 saturated carbocycles. The second-order valence-electron chi connectivity index (χ2n) is 5.57. The van der Waals surface area contributed by atoms with Gasteiger partial charge in [-0.3, -0.25) is 5.10 Å². The van der Waals surface area contributed by atoms with E-state index in [1.807, 2.05) is 27.0 Å². The summed E-state index contributed by atoms with van der Waals surface area (Å²) in [6, 6.07) is 0.340. The zero-order valence-corrected chi connectivity index (χ0v) is 11.1. The Labute approximate surface area is 107 Å². The highest BCUT2D eigenvalue weighted by molar-refractivity contribution is 5.69. The lowest BCUT2D eigenvalue weighted by Gasteiger charge is -2.40. The fourth-order valence-electron chi connectivity index (χ4n) is 1.72. The molecule has 0 aromatic carbocycles. The van der Waals surface area contributed by atoms with Gasteiger partial charge in [0.2, 0.25) is 0 Å². The van der Waals surface area contributed by atoms with Crippen LogP contribution in [0.4, 0.5) is 4.79 Å². The molecule has 1 amide bonds. The Kier molecular flexibility index (Phi) is 3.56. The Morgan fingerprint density at radius 1 is 1.61 bits per heavy atom. The van der Waals surface area contributed by atoms with Gasteiger partial charge in [-0.2, -0.15) is 5.10 Å². The van der Waals surface area contributed by atoms with Gasteiger partial charge in [0.15, 0.2) is 0 Å². The lowest BCUT2D eigenvalue weighted by molar-refractivity contribution is 0.00519. The number of hydrogen-bond donors (Lipinski definition) is 2. The molecule has 2 rings (SSSR count). The van der Waals surface area contributed by atoms with Gasteiger partial charge in [-0.1, -0.05) is 0 Å². The number of carbonyl (C=O) groups excluding carboxylic acids is 1. The molecule has 0 aliphatic carbocycles. The summed E-state index contributed by atoms with van der Waals surface area (Å²) in [7, 11) is 0. The summed E-state index contributed by atoms with van der Waals surface area (Å²) in [5, 5.41) is 10.0. The molecule has 0 atom stereocenters. The van der Waals surface area contributed by atoms with Crippen LogP contribution in [-0.2, 0) is 11.3 Å². The predicted molar refractivity (Wildman–Crippen MR) is 67.0 cm³/mol. The summed E-state index contributed by atoms with van der Waals surface area (Å²) >= 11 is 0. The summed E-state index contributed by atoms with van der Waals surface area (Å²) in [6.07, 6.45) is 3.41. The van der Waals surface area contributed by atoms with Crippen LogP contribution >= 0.6 is 0 Å². The van der Waals surface area contributed by atoms with Crippen molar-refractivity contribution in [2.45, 2.75) is 39.0 Å². The molecule has 0 bridgehead atoms. The summed E-state index contributed by atoms with van der Waals surface area (Å²) < 4.78 is 5.28. The van der Waals surface area contributed by atoms with E-state index in [1.165, 1.54) is 0 Å². The van der Waals surface area contributed by atoms with Crippen LogP contribution in [-0.4, -0.2) is 45.9 Å². The van der Waals surface area contributed by atoms with Crippen LogP contribution in [0.3, 0.4) is 0 Å². The summed E-state index contributed by atoms with van der Waals surface area (Å²) in [5.74, 6) is 0. The minimum atomic E-state index is -0.424. The second-order valence-corrected chi connectivity index (χ2v) is 5.57. The van der Waals surface area contributed by atoms with E-state index in [4.69, 9.17) is 4.74 Å². The molecule has 1 aromatic rings. The van der Waals surface area contributed by atoms with Crippen molar-refractivity contribution in [1.29, 1.82) is 0 Å². The monoisotopic (exact) mass is 252 g/mol. The average Bonchev–Trinajstić information content (AvgIpc) is 2.64. The summed E-state index contributed by atoms with van der Waals surface area (Å²) in [6.45, 7) is 7.79. The molecule has 1 aliphatic heterocycles. The van der Waals surface area contributed by atoms with E-state index in [2.05, 4.69) is 15.5 Å². The van der Waals surface area contributed by atoms with E-state index >= 15 is 0 Å². The lowest BCUT2D eigenvalue weighted by atomic mass is 10.1. The number of aromatic nitrogens is 2. The van der Waals surface area contributed by atoms with Gasteiger partial charge in [-0.05, 0) is 20.8 Å². The highest BCUT2D eigenvalue weighted by Gasteiger charge is 2.33. The van der Waals surface area contributed by atoms with E-state index in [-0.39, 0.29) is 6.09 Å². The van der Waals surface area contributed by atoms with Crippen molar-refractivity contribution in [2.24, 2.45) is 0 Å². The van der Waals surface area contributed by atoms with Crippen LogP contribution in [0.15, 0.2) is 12.4 Å². The molecule has 6 heteroatoms. The highest BCUT2D eigenvalue weighted by Crippen LogP contribution is 2.15. The zero-order valence-electron chi connectivity index (χ0n) is 11.1. The molecule has 100 valence electrons. The van der Waals surface area contributed by atoms with Crippen LogP contribution < -0.4 is 5.32 Å². The highest BCUT2D eigenvalue weighted by atomic mass is 16.6. The largest absolute Gasteiger partial charge is 0.444 e. The number of likely N-dealkylation sites (tertiary alicyclic amines) is 1. The van der Waals surface area contributed by atoms with E-state index < -0.39 is 5.60 Å². The molecule has 1 aliphatic rings. The van der Waals surface area contributed by atoms with Crippen molar-refractivity contribution in [3.63, 3.8) is 0 Å². The number of nitrogens with zero attached hydrogens (tertiary/aromatic N) is 2. The molecule has 1 aromatic heterocycles. The summed E-state index contributed by atoms with van der Waals surface area (Å²) in [5.41, 5.74) is 0.692. The first-order valence-electron chi connectivity index (χ1n) is 6.13. The van der Waals surface area contributed by atoms with Gasteiger partial charge in [0.05, 0.1) is 6.20 Å². The fraction of sp³-hybridized carbons (Fsp3) is 0.667. The number of carbonyl (C=O) groups is 1. The maximum Gasteiger partial charge on any atom is 0.410 e. The number of H-pyrrole nitrogens is 1. The topological polar surface area (TPSA) is 70.2 Å². The number of amides is 1. The minimum absolute atomic E-state index is 0.233. The normalized spacial score (nSPS) is 16.5. The number of rotatable bonds is 3. The third kappa shape index (κ3) is 3.46. The van der Waals surface area contributed by atoms with E-state index in [1.54, 1.807) is 11.1 Å². The Hall–Kier alpha value is -1.56. The first kappa shape index (κ1) is 12.9. The van der Waals surface area contributed by atoms with Crippen molar-refractivity contribution < 1.29 is 9.53 Å². The molecule has 0 spiro atoms. The molecule has 18 heavy (non-hydrogen) atoms. The number of nitrogens with one attached hydrogen (secondary N) is 2. The lowest BCUT2D eigenvalue weighted by Crippen LogP contribution is -2.60. The molecule has 6 nitrogen and oxygen atoms in total. The maximum atomic E-state index is 11.7. The molecular weight excluding hydrogens is 232 g/mol. The minimum Gasteiger partial charge on any atom is -0.444 e.